The first kappa shape index (κ1) is 15.7. The maximum absolute atomic E-state index is 5.09. The zero-order chi connectivity index (χ0) is 14.3. The highest BCUT2D eigenvalue weighted by Gasteiger charge is 2.09. The van der Waals surface area contributed by atoms with Crippen molar-refractivity contribution in [3.63, 3.8) is 0 Å². The zero-order valence-electron chi connectivity index (χ0n) is 12.7. The number of nitrogens with zero attached hydrogens (tertiary/aromatic N) is 2. The van der Waals surface area contributed by atoms with E-state index in [2.05, 4.69) is 48.3 Å². The largest absolute Gasteiger partial charge is 0.385 e. The van der Waals surface area contributed by atoms with Crippen molar-refractivity contribution in [1.82, 2.24) is 9.97 Å². The second-order valence-electron chi connectivity index (χ2n) is 5.01. The number of hydrogen-bond acceptors (Lipinski definition) is 5. The Bertz CT molecular complexity index is 382. The number of methoxy groups -OCH3 is 1. The van der Waals surface area contributed by atoms with Gasteiger partial charge in [0.2, 0.25) is 0 Å². The molecule has 1 heterocycles. The Balaban J connectivity index is 2.80. The van der Waals surface area contributed by atoms with Crippen molar-refractivity contribution < 1.29 is 4.74 Å². The minimum Gasteiger partial charge on any atom is -0.385 e. The lowest BCUT2D eigenvalue weighted by Crippen LogP contribution is -2.19. The van der Waals surface area contributed by atoms with Crippen LogP contribution in [0.1, 0.15) is 45.9 Å². The lowest BCUT2D eigenvalue weighted by Gasteiger charge is -2.16. The monoisotopic (exact) mass is 266 g/mol. The van der Waals surface area contributed by atoms with Gasteiger partial charge in [0.05, 0.1) is 0 Å². The van der Waals surface area contributed by atoms with E-state index in [9.17, 15) is 0 Å². The molecule has 0 saturated carbocycles. The van der Waals surface area contributed by atoms with E-state index in [1.165, 1.54) is 0 Å². The molecular weight excluding hydrogens is 240 g/mol. The van der Waals surface area contributed by atoms with Gasteiger partial charge in [0.15, 0.2) is 0 Å². The molecule has 0 aliphatic carbocycles. The summed E-state index contributed by atoms with van der Waals surface area (Å²) in [6, 6.07) is 2.28. The van der Waals surface area contributed by atoms with Gasteiger partial charge in [-0.15, -0.1) is 0 Å². The van der Waals surface area contributed by atoms with Crippen LogP contribution in [0, 0.1) is 0 Å². The Morgan fingerprint density at radius 2 is 1.89 bits per heavy atom. The first-order chi connectivity index (χ1) is 9.06. The quantitative estimate of drug-likeness (QED) is 0.757. The van der Waals surface area contributed by atoms with Gasteiger partial charge < -0.3 is 15.4 Å². The molecule has 5 heteroatoms. The van der Waals surface area contributed by atoms with Crippen molar-refractivity contribution in [2.45, 2.75) is 46.1 Å². The summed E-state index contributed by atoms with van der Waals surface area (Å²) in [4.78, 5) is 9.07. The minimum atomic E-state index is 0.313. The fourth-order valence-corrected chi connectivity index (χ4v) is 1.69. The number of anilines is 2. The second kappa shape index (κ2) is 7.94. The molecule has 1 rings (SSSR count). The lowest BCUT2D eigenvalue weighted by atomic mass is 10.2. The van der Waals surface area contributed by atoms with Crippen molar-refractivity contribution >= 4 is 11.6 Å². The number of nitrogens with one attached hydrogen (secondary N) is 2. The summed E-state index contributed by atoms with van der Waals surface area (Å²) in [6.07, 6.45) is 0.952. The number of ether oxygens (including phenoxy) is 1. The van der Waals surface area contributed by atoms with Crippen molar-refractivity contribution in [1.29, 1.82) is 0 Å². The van der Waals surface area contributed by atoms with Gasteiger partial charge in [-0.05, 0) is 20.3 Å². The molecule has 0 spiro atoms. The van der Waals surface area contributed by atoms with Gasteiger partial charge >= 0.3 is 0 Å². The highest BCUT2D eigenvalue weighted by Crippen LogP contribution is 2.17. The summed E-state index contributed by atoms with van der Waals surface area (Å²) in [7, 11) is 1.72. The van der Waals surface area contributed by atoms with Crippen LogP contribution < -0.4 is 10.6 Å². The molecular formula is C14H26N4O. The molecule has 19 heavy (non-hydrogen) atoms. The maximum Gasteiger partial charge on any atom is 0.135 e. The molecule has 5 nitrogen and oxygen atoms in total. The van der Waals surface area contributed by atoms with Crippen LogP contribution in [0.3, 0.4) is 0 Å². The summed E-state index contributed by atoms with van der Waals surface area (Å²) in [5.74, 6) is 2.93. The summed E-state index contributed by atoms with van der Waals surface area (Å²) in [5.41, 5.74) is 0. The fraction of sp³-hybridized carbons (Fsp3) is 0.714. The van der Waals surface area contributed by atoms with E-state index in [0.29, 0.717) is 12.0 Å². The molecule has 0 saturated heterocycles. The first-order valence-electron chi connectivity index (χ1n) is 6.95. The van der Waals surface area contributed by atoms with E-state index < -0.39 is 0 Å². The van der Waals surface area contributed by atoms with Gasteiger partial charge in [-0.1, -0.05) is 13.8 Å². The molecule has 0 radical (unpaired) electrons. The molecule has 0 fully saturated rings. The van der Waals surface area contributed by atoms with Crippen LogP contribution in [-0.2, 0) is 4.74 Å². The smallest absolute Gasteiger partial charge is 0.135 e. The zero-order valence-corrected chi connectivity index (χ0v) is 12.7. The molecule has 0 aliphatic rings. The Morgan fingerprint density at radius 1 is 1.21 bits per heavy atom. The maximum atomic E-state index is 5.09. The van der Waals surface area contributed by atoms with Crippen LogP contribution in [0.4, 0.5) is 11.6 Å². The first-order valence-corrected chi connectivity index (χ1v) is 6.95. The van der Waals surface area contributed by atoms with E-state index in [-0.39, 0.29) is 0 Å². The topological polar surface area (TPSA) is 59.1 Å². The number of rotatable bonds is 8. The predicted molar refractivity (Wildman–Crippen MR) is 79.9 cm³/mol. The normalized spacial score (nSPS) is 12.5. The third kappa shape index (κ3) is 5.42. The lowest BCUT2D eigenvalue weighted by molar-refractivity contribution is 0.191. The Labute approximate surface area is 116 Å². The molecule has 1 atom stereocenters. The molecule has 2 N–H and O–H groups in total. The molecule has 1 aromatic heterocycles. The standard InChI is InChI=1S/C14H26N4O/c1-6-15-12-9-13(16-11(4)7-8-19-5)18-14(17-12)10(2)3/h9-11H,6-8H2,1-5H3,(H2,15,16,17,18). The van der Waals surface area contributed by atoms with E-state index in [4.69, 9.17) is 4.74 Å². The Morgan fingerprint density at radius 3 is 2.47 bits per heavy atom. The summed E-state index contributed by atoms with van der Waals surface area (Å²) >= 11 is 0. The van der Waals surface area contributed by atoms with E-state index in [1.54, 1.807) is 7.11 Å². The van der Waals surface area contributed by atoms with Crippen LogP contribution >= 0.6 is 0 Å². The van der Waals surface area contributed by atoms with Crippen molar-refractivity contribution in [3.05, 3.63) is 11.9 Å². The van der Waals surface area contributed by atoms with Crippen molar-refractivity contribution in [3.8, 4) is 0 Å². The number of hydrogen-bond donors (Lipinski definition) is 2. The van der Waals surface area contributed by atoms with Crippen LogP contribution in [0.15, 0.2) is 6.07 Å². The van der Waals surface area contributed by atoms with Crippen LogP contribution in [0.2, 0.25) is 0 Å². The SMILES string of the molecule is CCNc1cc(NC(C)CCOC)nc(C(C)C)n1. The van der Waals surface area contributed by atoms with Gasteiger partial charge in [0.1, 0.15) is 17.5 Å². The van der Waals surface area contributed by atoms with Crippen LogP contribution in [0.5, 0.6) is 0 Å². The van der Waals surface area contributed by atoms with E-state index >= 15 is 0 Å². The van der Waals surface area contributed by atoms with Gasteiger partial charge in [0.25, 0.3) is 0 Å². The number of aromatic nitrogens is 2. The fourth-order valence-electron chi connectivity index (χ4n) is 1.69. The molecule has 0 aromatic carbocycles. The van der Waals surface area contributed by atoms with E-state index in [0.717, 1.165) is 37.0 Å². The molecule has 1 unspecified atom stereocenters. The van der Waals surface area contributed by atoms with E-state index in [1.807, 2.05) is 6.07 Å². The molecule has 1 aromatic rings. The highest BCUT2D eigenvalue weighted by molar-refractivity contribution is 5.48. The minimum absolute atomic E-state index is 0.313. The molecule has 0 aliphatic heterocycles. The van der Waals surface area contributed by atoms with Crippen molar-refractivity contribution in [2.24, 2.45) is 0 Å². The average Bonchev–Trinajstić information content (AvgIpc) is 2.36. The van der Waals surface area contributed by atoms with Gasteiger partial charge in [-0.3, -0.25) is 0 Å². The van der Waals surface area contributed by atoms with Crippen LogP contribution in [-0.4, -0.2) is 36.3 Å². The molecule has 0 amide bonds. The van der Waals surface area contributed by atoms with Crippen molar-refractivity contribution in [2.75, 3.05) is 30.9 Å². The van der Waals surface area contributed by atoms with Crippen LogP contribution in [0.25, 0.3) is 0 Å². The van der Waals surface area contributed by atoms with Gasteiger partial charge in [-0.25, -0.2) is 9.97 Å². The summed E-state index contributed by atoms with van der Waals surface area (Å²) < 4.78 is 5.09. The Hall–Kier alpha value is -1.36. The highest BCUT2D eigenvalue weighted by atomic mass is 16.5. The van der Waals surface area contributed by atoms with Gasteiger partial charge in [0, 0.05) is 38.3 Å². The summed E-state index contributed by atoms with van der Waals surface area (Å²) in [5, 5.41) is 6.64. The third-order valence-corrected chi connectivity index (χ3v) is 2.77. The summed E-state index contributed by atoms with van der Waals surface area (Å²) in [6.45, 7) is 9.99. The molecule has 0 bridgehead atoms. The Kier molecular flexibility index (Phi) is 6.56. The van der Waals surface area contributed by atoms with Gasteiger partial charge in [-0.2, -0.15) is 0 Å². The predicted octanol–water partition coefficient (Wildman–Crippen LogP) is 2.87. The average molecular weight is 266 g/mol. The molecule has 108 valence electrons. The second-order valence-corrected chi connectivity index (χ2v) is 5.01. The third-order valence-electron chi connectivity index (χ3n) is 2.77.